The summed E-state index contributed by atoms with van der Waals surface area (Å²) in [5.41, 5.74) is 3.94. The second-order valence-electron chi connectivity index (χ2n) is 6.14. The van der Waals surface area contributed by atoms with Crippen LogP contribution in [0.1, 0.15) is 24.0 Å². The standard InChI is InChI=1S/C20H17N3O4/c24-16(25)10-5-11-27-23-18-13-7-2-4-9-15(13)21-19(18)17-12-6-1-3-8-14(12)22-20(17)26/h1-4,6-9,22,26H,5,10-11H2,(H,24,25)/b23-18+. The molecule has 0 saturated heterocycles. The fraction of sp³-hybridized carbons (Fsp3) is 0.150. The van der Waals surface area contributed by atoms with Crippen LogP contribution >= 0.6 is 0 Å². The summed E-state index contributed by atoms with van der Waals surface area (Å²) in [7, 11) is 0. The molecule has 0 aliphatic carbocycles. The number of carboxylic acid groups (broad SMARTS) is 1. The second-order valence-corrected chi connectivity index (χ2v) is 6.14. The van der Waals surface area contributed by atoms with E-state index in [0.717, 1.165) is 22.2 Å². The van der Waals surface area contributed by atoms with Gasteiger partial charge >= 0.3 is 5.97 Å². The van der Waals surface area contributed by atoms with Gasteiger partial charge in [-0.25, -0.2) is 4.99 Å². The van der Waals surface area contributed by atoms with E-state index >= 15 is 0 Å². The number of hydrogen-bond acceptors (Lipinski definition) is 5. The van der Waals surface area contributed by atoms with E-state index in [4.69, 9.17) is 9.94 Å². The lowest BCUT2D eigenvalue weighted by atomic mass is 10.0. The number of aliphatic imine (C=N–C) groups is 1. The molecule has 0 atom stereocenters. The van der Waals surface area contributed by atoms with Gasteiger partial charge in [0.2, 0.25) is 0 Å². The first kappa shape index (κ1) is 16.8. The molecule has 27 heavy (non-hydrogen) atoms. The van der Waals surface area contributed by atoms with Crippen LogP contribution in [0.5, 0.6) is 5.88 Å². The van der Waals surface area contributed by atoms with Crippen LogP contribution in [0.15, 0.2) is 58.7 Å². The fourth-order valence-corrected chi connectivity index (χ4v) is 3.10. The molecule has 136 valence electrons. The normalized spacial score (nSPS) is 14.4. The third-order valence-corrected chi connectivity index (χ3v) is 4.32. The highest BCUT2D eigenvalue weighted by Gasteiger charge is 2.29. The Morgan fingerprint density at radius 2 is 1.93 bits per heavy atom. The Bertz CT molecular complexity index is 1080. The molecule has 7 heteroatoms. The van der Waals surface area contributed by atoms with Gasteiger partial charge in [-0.2, -0.15) is 0 Å². The topological polar surface area (TPSA) is 107 Å². The summed E-state index contributed by atoms with van der Waals surface area (Å²) in [5.74, 6) is -0.857. The summed E-state index contributed by atoms with van der Waals surface area (Å²) in [5, 5.41) is 24.2. The van der Waals surface area contributed by atoms with Crippen LogP contribution < -0.4 is 0 Å². The minimum absolute atomic E-state index is 0.0151. The molecule has 1 aromatic heterocycles. The molecule has 0 spiro atoms. The number of oxime groups is 1. The van der Waals surface area contributed by atoms with E-state index in [1.54, 1.807) is 0 Å². The van der Waals surface area contributed by atoms with E-state index in [0.29, 0.717) is 23.4 Å². The average molecular weight is 363 g/mol. The number of aliphatic carboxylic acids is 1. The molecule has 0 radical (unpaired) electrons. The third kappa shape index (κ3) is 3.15. The molecule has 0 saturated carbocycles. The number of nitrogens with zero attached hydrogens (tertiary/aromatic N) is 2. The number of nitrogens with one attached hydrogen (secondary N) is 1. The molecule has 0 bridgehead atoms. The van der Waals surface area contributed by atoms with Gasteiger partial charge in [-0.15, -0.1) is 0 Å². The molecule has 0 fully saturated rings. The van der Waals surface area contributed by atoms with Crippen molar-refractivity contribution in [3.63, 3.8) is 0 Å². The minimum atomic E-state index is -0.872. The molecule has 1 aliphatic heterocycles. The number of aromatic nitrogens is 1. The zero-order valence-corrected chi connectivity index (χ0v) is 14.3. The molecular formula is C20H17N3O4. The van der Waals surface area contributed by atoms with Crippen molar-refractivity contribution in [3.8, 4) is 5.88 Å². The van der Waals surface area contributed by atoms with Crippen LogP contribution in [0.25, 0.3) is 10.9 Å². The van der Waals surface area contributed by atoms with E-state index < -0.39 is 5.97 Å². The van der Waals surface area contributed by atoms with Crippen molar-refractivity contribution in [1.29, 1.82) is 0 Å². The first-order chi connectivity index (χ1) is 13.1. The molecule has 3 aromatic rings. The number of carboxylic acids is 1. The SMILES string of the molecule is O=C(O)CCCO/N=C1/C(c2c(O)[nH]c3ccccc23)=Nc2ccccc21. The monoisotopic (exact) mass is 363 g/mol. The number of aromatic hydroxyl groups is 1. The van der Waals surface area contributed by atoms with E-state index in [1.165, 1.54) is 0 Å². The van der Waals surface area contributed by atoms with Gasteiger partial charge in [-0.05, 0) is 18.6 Å². The van der Waals surface area contributed by atoms with Crippen molar-refractivity contribution in [2.75, 3.05) is 6.61 Å². The number of hydrogen-bond donors (Lipinski definition) is 3. The van der Waals surface area contributed by atoms with Crippen molar-refractivity contribution in [3.05, 3.63) is 59.7 Å². The van der Waals surface area contributed by atoms with Gasteiger partial charge < -0.3 is 20.0 Å². The lowest BCUT2D eigenvalue weighted by Gasteiger charge is -2.05. The van der Waals surface area contributed by atoms with E-state index in [-0.39, 0.29) is 18.9 Å². The van der Waals surface area contributed by atoms with Crippen molar-refractivity contribution in [2.24, 2.45) is 10.1 Å². The molecular weight excluding hydrogens is 346 g/mol. The van der Waals surface area contributed by atoms with Crippen LogP contribution in [0.2, 0.25) is 0 Å². The van der Waals surface area contributed by atoms with Gasteiger partial charge in [0.05, 0.1) is 11.3 Å². The fourth-order valence-electron chi connectivity index (χ4n) is 3.10. The molecule has 2 aromatic carbocycles. The minimum Gasteiger partial charge on any atom is -0.494 e. The predicted octanol–water partition coefficient (Wildman–Crippen LogP) is 3.59. The maximum Gasteiger partial charge on any atom is 0.303 e. The molecule has 3 N–H and O–H groups in total. The third-order valence-electron chi connectivity index (χ3n) is 4.32. The lowest BCUT2D eigenvalue weighted by molar-refractivity contribution is -0.137. The van der Waals surface area contributed by atoms with Crippen LogP contribution in [-0.4, -0.2) is 39.2 Å². The van der Waals surface area contributed by atoms with Crippen molar-refractivity contribution in [2.45, 2.75) is 12.8 Å². The molecule has 4 rings (SSSR count). The van der Waals surface area contributed by atoms with Gasteiger partial charge in [-0.1, -0.05) is 41.6 Å². The van der Waals surface area contributed by atoms with Crippen LogP contribution in [0, 0.1) is 0 Å². The Morgan fingerprint density at radius 3 is 2.78 bits per heavy atom. The first-order valence-corrected chi connectivity index (χ1v) is 8.55. The Hall–Kier alpha value is -3.61. The second kappa shape index (κ2) is 6.95. The Balaban J connectivity index is 1.72. The van der Waals surface area contributed by atoms with Crippen molar-refractivity contribution in [1.82, 2.24) is 4.98 Å². The largest absolute Gasteiger partial charge is 0.494 e. The highest BCUT2D eigenvalue weighted by molar-refractivity contribution is 6.58. The maximum atomic E-state index is 10.6. The molecule has 0 amide bonds. The summed E-state index contributed by atoms with van der Waals surface area (Å²) in [6.45, 7) is 0.186. The number of benzene rings is 2. The number of rotatable bonds is 6. The van der Waals surface area contributed by atoms with Gasteiger partial charge in [-0.3, -0.25) is 4.79 Å². The summed E-state index contributed by atoms with van der Waals surface area (Å²) in [6.07, 6.45) is 0.379. The summed E-state index contributed by atoms with van der Waals surface area (Å²) >= 11 is 0. The number of fused-ring (bicyclic) bond motifs is 2. The van der Waals surface area contributed by atoms with Gasteiger partial charge in [0.1, 0.15) is 18.0 Å². The average Bonchev–Trinajstić information content (AvgIpc) is 3.17. The Kier molecular flexibility index (Phi) is 4.33. The van der Waals surface area contributed by atoms with E-state index in [9.17, 15) is 9.90 Å². The van der Waals surface area contributed by atoms with Gasteiger partial charge in [0.25, 0.3) is 0 Å². The first-order valence-electron chi connectivity index (χ1n) is 8.55. The highest BCUT2D eigenvalue weighted by atomic mass is 16.6. The summed E-state index contributed by atoms with van der Waals surface area (Å²) < 4.78 is 0. The molecule has 0 unspecified atom stereocenters. The lowest BCUT2D eigenvalue weighted by Crippen LogP contribution is -2.13. The van der Waals surface area contributed by atoms with Crippen LogP contribution in [-0.2, 0) is 9.63 Å². The molecule has 7 nitrogen and oxygen atoms in total. The smallest absolute Gasteiger partial charge is 0.303 e. The van der Waals surface area contributed by atoms with E-state index in [2.05, 4.69) is 15.1 Å². The summed E-state index contributed by atoms with van der Waals surface area (Å²) in [6, 6.07) is 15.1. The highest BCUT2D eigenvalue weighted by Crippen LogP contribution is 2.35. The zero-order valence-electron chi connectivity index (χ0n) is 14.3. The van der Waals surface area contributed by atoms with Gasteiger partial charge in [0.15, 0.2) is 5.88 Å². The van der Waals surface area contributed by atoms with E-state index in [1.807, 2.05) is 48.5 Å². The van der Waals surface area contributed by atoms with Gasteiger partial charge in [0, 0.05) is 22.9 Å². The number of aromatic amines is 1. The summed E-state index contributed by atoms with van der Waals surface area (Å²) in [4.78, 5) is 23.6. The van der Waals surface area contributed by atoms with Crippen molar-refractivity contribution < 1.29 is 19.8 Å². The number of para-hydroxylation sites is 2. The predicted molar refractivity (Wildman–Crippen MR) is 102 cm³/mol. The number of carbonyl (C=O) groups is 1. The van der Waals surface area contributed by atoms with Crippen LogP contribution in [0.3, 0.4) is 0 Å². The maximum absolute atomic E-state index is 10.6. The molecule has 1 aliphatic rings. The number of H-pyrrole nitrogens is 1. The quantitative estimate of drug-likeness (QED) is 0.459. The Labute approximate surface area is 154 Å². The van der Waals surface area contributed by atoms with Crippen LogP contribution in [0.4, 0.5) is 5.69 Å². The Morgan fingerprint density at radius 1 is 1.15 bits per heavy atom. The zero-order chi connectivity index (χ0) is 18.8. The molecule has 2 heterocycles. The van der Waals surface area contributed by atoms with Crippen molar-refractivity contribution >= 4 is 34.0 Å².